The lowest BCUT2D eigenvalue weighted by atomic mass is 10.1. The molecule has 100 valence electrons. The molecule has 0 unspecified atom stereocenters. The van der Waals surface area contributed by atoms with Gasteiger partial charge in [-0.25, -0.2) is 14.6 Å². The molecule has 0 saturated heterocycles. The van der Waals surface area contributed by atoms with Crippen LogP contribution in [0.2, 0.25) is 0 Å². The van der Waals surface area contributed by atoms with Crippen molar-refractivity contribution in [1.29, 1.82) is 0 Å². The van der Waals surface area contributed by atoms with Gasteiger partial charge in [-0.2, -0.15) is 0 Å². The Labute approximate surface area is 124 Å². The molecule has 0 aliphatic heterocycles. The molecule has 0 bridgehead atoms. The number of rotatable bonds is 4. The van der Waals surface area contributed by atoms with Gasteiger partial charge in [-0.3, -0.25) is 0 Å². The molecule has 1 aromatic carbocycles. The molecule has 0 amide bonds. The first-order chi connectivity index (χ1) is 9.81. The van der Waals surface area contributed by atoms with Crippen LogP contribution in [0.4, 0.5) is 0 Å². The van der Waals surface area contributed by atoms with Gasteiger partial charge in [-0.05, 0) is 34.2 Å². The van der Waals surface area contributed by atoms with Crippen LogP contribution < -0.4 is 0 Å². The molecule has 0 fully saturated rings. The maximum absolute atomic E-state index is 4.18. The van der Waals surface area contributed by atoms with E-state index in [0.29, 0.717) is 18.8 Å². The van der Waals surface area contributed by atoms with Gasteiger partial charge in [-0.1, -0.05) is 28.1 Å². The van der Waals surface area contributed by atoms with Gasteiger partial charge in [0, 0.05) is 23.3 Å². The fourth-order valence-electron chi connectivity index (χ4n) is 1.80. The van der Waals surface area contributed by atoms with Crippen molar-refractivity contribution >= 4 is 15.9 Å². The molecular weight excluding hydrogens is 320 g/mol. The fourth-order valence-corrected chi connectivity index (χ4v) is 2.07. The van der Waals surface area contributed by atoms with Gasteiger partial charge >= 0.3 is 0 Å². The SMILES string of the molecule is Brc1ccc(Cc2nnnn2Cc2ncccn2)cc1. The molecular formula is C13H11BrN6. The monoisotopic (exact) mass is 330 g/mol. The number of benzene rings is 1. The number of hydrogen-bond donors (Lipinski definition) is 0. The Kier molecular flexibility index (Phi) is 3.78. The Morgan fingerprint density at radius 3 is 2.55 bits per heavy atom. The van der Waals surface area contributed by atoms with Gasteiger partial charge < -0.3 is 0 Å². The number of aromatic nitrogens is 6. The van der Waals surface area contributed by atoms with Crippen molar-refractivity contribution in [3.05, 3.63) is 64.4 Å². The van der Waals surface area contributed by atoms with Crippen LogP contribution >= 0.6 is 15.9 Å². The van der Waals surface area contributed by atoms with Gasteiger partial charge in [0.15, 0.2) is 5.82 Å². The maximum Gasteiger partial charge on any atom is 0.156 e. The van der Waals surface area contributed by atoms with E-state index in [-0.39, 0.29) is 0 Å². The highest BCUT2D eigenvalue weighted by atomic mass is 79.9. The summed E-state index contributed by atoms with van der Waals surface area (Å²) in [5, 5.41) is 11.8. The summed E-state index contributed by atoms with van der Waals surface area (Å²) < 4.78 is 2.77. The van der Waals surface area contributed by atoms with Crippen LogP contribution in [0.1, 0.15) is 17.2 Å². The molecule has 6 nitrogen and oxygen atoms in total. The molecule has 0 spiro atoms. The van der Waals surface area contributed by atoms with Crippen molar-refractivity contribution in [2.24, 2.45) is 0 Å². The zero-order valence-corrected chi connectivity index (χ0v) is 12.1. The minimum Gasteiger partial charge on any atom is -0.239 e. The van der Waals surface area contributed by atoms with E-state index in [1.165, 1.54) is 0 Å². The average Bonchev–Trinajstić information content (AvgIpc) is 2.90. The van der Waals surface area contributed by atoms with Crippen LogP contribution in [-0.2, 0) is 13.0 Å². The summed E-state index contributed by atoms with van der Waals surface area (Å²) in [5.41, 5.74) is 1.15. The summed E-state index contributed by atoms with van der Waals surface area (Å²) in [7, 11) is 0. The molecule has 3 aromatic rings. The van der Waals surface area contributed by atoms with Crippen LogP contribution in [-0.4, -0.2) is 30.2 Å². The van der Waals surface area contributed by atoms with Crippen LogP contribution in [0, 0.1) is 0 Å². The summed E-state index contributed by atoms with van der Waals surface area (Å²) >= 11 is 3.42. The Balaban J connectivity index is 1.78. The fraction of sp³-hybridized carbons (Fsp3) is 0.154. The lowest BCUT2D eigenvalue weighted by Crippen LogP contribution is -2.10. The number of halogens is 1. The first-order valence-corrected chi connectivity index (χ1v) is 6.86. The standard InChI is InChI=1S/C13H11BrN6/c14-11-4-2-10(3-5-11)8-13-17-18-19-20(13)9-12-15-6-1-7-16-12/h1-7H,8-9H2. The zero-order chi connectivity index (χ0) is 13.8. The van der Waals surface area contributed by atoms with Crippen molar-refractivity contribution in [1.82, 2.24) is 30.2 Å². The molecule has 0 saturated carbocycles. The van der Waals surface area contributed by atoms with E-state index in [9.17, 15) is 0 Å². The highest BCUT2D eigenvalue weighted by molar-refractivity contribution is 9.10. The van der Waals surface area contributed by atoms with Crippen molar-refractivity contribution in [2.45, 2.75) is 13.0 Å². The molecule has 0 aliphatic rings. The normalized spacial score (nSPS) is 10.7. The first-order valence-electron chi connectivity index (χ1n) is 6.06. The summed E-state index contributed by atoms with van der Waals surface area (Å²) in [6.45, 7) is 0.472. The third-order valence-electron chi connectivity index (χ3n) is 2.79. The minimum atomic E-state index is 0.472. The van der Waals surface area contributed by atoms with E-state index in [1.54, 1.807) is 23.1 Å². The topological polar surface area (TPSA) is 69.4 Å². The van der Waals surface area contributed by atoms with Gasteiger partial charge in [0.1, 0.15) is 12.4 Å². The van der Waals surface area contributed by atoms with E-state index in [4.69, 9.17) is 0 Å². The highest BCUT2D eigenvalue weighted by Crippen LogP contribution is 2.13. The number of tetrazole rings is 1. The molecule has 0 N–H and O–H groups in total. The molecule has 2 aromatic heterocycles. The highest BCUT2D eigenvalue weighted by Gasteiger charge is 2.08. The minimum absolute atomic E-state index is 0.472. The van der Waals surface area contributed by atoms with E-state index >= 15 is 0 Å². The van der Waals surface area contributed by atoms with E-state index in [1.807, 2.05) is 24.3 Å². The smallest absolute Gasteiger partial charge is 0.156 e. The van der Waals surface area contributed by atoms with Gasteiger partial charge in [0.05, 0.1) is 0 Å². The third-order valence-corrected chi connectivity index (χ3v) is 3.32. The van der Waals surface area contributed by atoms with E-state index in [2.05, 4.69) is 41.4 Å². The molecule has 0 atom stereocenters. The predicted molar refractivity (Wildman–Crippen MR) is 75.9 cm³/mol. The molecule has 7 heteroatoms. The molecule has 20 heavy (non-hydrogen) atoms. The Morgan fingerprint density at radius 1 is 1.05 bits per heavy atom. The molecule has 2 heterocycles. The van der Waals surface area contributed by atoms with E-state index < -0.39 is 0 Å². The molecule has 0 radical (unpaired) electrons. The molecule has 3 rings (SSSR count). The third kappa shape index (κ3) is 3.05. The van der Waals surface area contributed by atoms with Crippen LogP contribution in [0.25, 0.3) is 0 Å². The Hall–Kier alpha value is -2.15. The second-order valence-corrected chi connectivity index (χ2v) is 5.14. The lowest BCUT2D eigenvalue weighted by Gasteiger charge is -2.04. The van der Waals surface area contributed by atoms with Crippen molar-refractivity contribution in [3.8, 4) is 0 Å². The zero-order valence-electron chi connectivity index (χ0n) is 10.5. The maximum atomic E-state index is 4.18. The number of nitrogens with zero attached hydrogens (tertiary/aromatic N) is 6. The Bertz CT molecular complexity index is 680. The number of hydrogen-bond acceptors (Lipinski definition) is 5. The van der Waals surface area contributed by atoms with Gasteiger partial charge in [0.25, 0.3) is 0 Å². The lowest BCUT2D eigenvalue weighted by molar-refractivity contribution is 0.603. The van der Waals surface area contributed by atoms with Gasteiger partial charge in [0.2, 0.25) is 0 Å². The molecule has 0 aliphatic carbocycles. The second-order valence-electron chi connectivity index (χ2n) is 4.22. The second kappa shape index (κ2) is 5.87. The quantitative estimate of drug-likeness (QED) is 0.730. The van der Waals surface area contributed by atoms with Crippen molar-refractivity contribution in [3.63, 3.8) is 0 Å². The van der Waals surface area contributed by atoms with Gasteiger partial charge in [-0.15, -0.1) is 5.10 Å². The van der Waals surface area contributed by atoms with Crippen molar-refractivity contribution < 1.29 is 0 Å². The average molecular weight is 331 g/mol. The summed E-state index contributed by atoms with van der Waals surface area (Å²) in [6, 6.07) is 9.88. The van der Waals surface area contributed by atoms with Crippen LogP contribution in [0.15, 0.2) is 47.2 Å². The van der Waals surface area contributed by atoms with Crippen LogP contribution in [0.5, 0.6) is 0 Å². The van der Waals surface area contributed by atoms with Crippen molar-refractivity contribution in [2.75, 3.05) is 0 Å². The van der Waals surface area contributed by atoms with E-state index in [0.717, 1.165) is 15.9 Å². The summed E-state index contributed by atoms with van der Waals surface area (Å²) in [6.07, 6.45) is 4.09. The largest absolute Gasteiger partial charge is 0.239 e. The van der Waals surface area contributed by atoms with Crippen LogP contribution in [0.3, 0.4) is 0 Å². The predicted octanol–water partition coefficient (Wildman–Crippen LogP) is 1.86. The summed E-state index contributed by atoms with van der Waals surface area (Å²) in [5.74, 6) is 1.48. The first kappa shape index (κ1) is 12.9. The summed E-state index contributed by atoms with van der Waals surface area (Å²) in [4.78, 5) is 8.36. The Morgan fingerprint density at radius 2 is 1.80 bits per heavy atom.